The van der Waals surface area contributed by atoms with E-state index >= 15 is 0 Å². The number of anilines is 1. The van der Waals surface area contributed by atoms with Crippen LogP contribution in [0.4, 0.5) is 23.4 Å². The van der Waals surface area contributed by atoms with Gasteiger partial charge in [-0.1, -0.05) is 12.1 Å². The molecule has 0 spiro atoms. The molecule has 0 atom stereocenters. The van der Waals surface area contributed by atoms with E-state index in [9.17, 15) is 22.4 Å². The number of fused-ring (bicyclic) bond motifs is 1. The smallest absolute Gasteiger partial charge is 0.416 e. The number of halogens is 4. The third-order valence-corrected chi connectivity index (χ3v) is 5.80. The van der Waals surface area contributed by atoms with E-state index in [-0.39, 0.29) is 29.7 Å². The SMILES string of the molecule is O=c1nc(OCc2ccc(Oc3cccc(C(F)(F)F)c3)c(F)c2)cc2n1CCCN2C1CC1. The molecular formula is C24H21F4N3O3. The first kappa shape index (κ1) is 22.2. The fourth-order valence-corrected chi connectivity index (χ4v) is 4.00. The largest absolute Gasteiger partial charge is 0.473 e. The predicted molar refractivity (Wildman–Crippen MR) is 116 cm³/mol. The average molecular weight is 475 g/mol. The Balaban J connectivity index is 1.29. The van der Waals surface area contributed by atoms with Crippen molar-refractivity contribution in [2.75, 3.05) is 11.4 Å². The van der Waals surface area contributed by atoms with E-state index in [1.165, 1.54) is 30.3 Å². The summed E-state index contributed by atoms with van der Waals surface area (Å²) in [5.74, 6) is -0.143. The van der Waals surface area contributed by atoms with Crippen molar-refractivity contribution in [3.05, 3.63) is 76.0 Å². The molecule has 2 heterocycles. The van der Waals surface area contributed by atoms with Crippen LogP contribution in [0.1, 0.15) is 30.4 Å². The molecule has 0 saturated heterocycles. The molecule has 6 nitrogen and oxygen atoms in total. The van der Waals surface area contributed by atoms with Crippen molar-refractivity contribution in [3.63, 3.8) is 0 Å². The highest BCUT2D eigenvalue weighted by atomic mass is 19.4. The summed E-state index contributed by atoms with van der Waals surface area (Å²) in [6.07, 6.45) is -1.44. The molecular weight excluding hydrogens is 454 g/mol. The van der Waals surface area contributed by atoms with Crippen LogP contribution in [-0.2, 0) is 19.3 Å². The van der Waals surface area contributed by atoms with E-state index < -0.39 is 17.6 Å². The van der Waals surface area contributed by atoms with E-state index in [4.69, 9.17) is 9.47 Å². The Labute approximate surface area is 192 Å². The average Bonchev–Trinajstić information content (AvgIpc) is 3.64. The maximum atomic E-state index is 14.6. The maximum absolute atomic E-state index is 14.6. The molecule has 2 aliphatic rings. The number of alkyl halides is 3. The summed E-state index contributed by atoms with van der Waals surface area (Å²) < 4.78 is 65.8. The van der Waals surface area contributed by atoms with E-state index in [1.54, 1.807) is 10.6 Å². The van der Waals surface area contributed by atoms with Gasteiger partial charge >= 0.3 is 11.9 Å². The van der Waals surface area contributed by atoms with Gasteiger partial charge in [0.05, 0.1) is 5.56 Å². The van der Waals surface area contributed by atoms with Gasteiger partial charge in [-0.2, -0.15) is 18.2 Å². The quantitative estimate of drug-likeness (QED) is 0.462. The highest BCUT2D eigenvalue weighted by molar-refractivity contribution is 5.46. The first-order valence-corrected chi connectivity index (χ1v) is 10.9. The number of nitrogens with zero attached hydrogens (tertiary/aromatic N) is 3. The molecule has 34 heavy (non-hydrogen) atoms. The van der Waals surface area contributed by atoms with Gasteiger partial charge in [-0.25, -0.2) is 9.18 Å². The lowest BCUT2D eigenvalue weighted by Gasteiger charge is -2.31. The Hall–Kier alpha value is -3.56. The zero-order chi connectivity index (χ0) is 23.9. The molecule has 0 N–H and O–H groups in total. The Kier molecular flexibility index (Phi) is 5.66. The monoisotopic (exact) mass is 475 g/mol. The second-order valence-electron chi connectivity index (χ2n) is 8.35. The third-order valence-electron chi connectivity index (χ3n) is 5.80. The lowest BCUT2D eigenvalue weighted by molar-refractivity contribution is -0.137. The molecule has 1 aliphatic heterocycles. The first-order valence-electron chi connectivity index (χ1n) is 10.9. The summed E-state index contributed by atoms with van der Waals surface area (Å²) >= 11 is 0. The Bertz CT molecular complexity index is 1270. The van der Waals surface area contributed by atoms with Crippen LogP contribution in [0, 0.1) is 5.82 Å². The highest BCUT2D eigenvalue weighted by Crippen LogP contribution is 2.35. The van der Waals surface area contributed by atoms with Gasteiger partial charge in [0.2, 0.25) is 5.88 Å². The summed E-state index contributed by atoms with van der Waals surface area (Å²) in [6.45, 7) is 1.45. The van der Waals surface area contributed by atoms with Crippen molar-refractivity contribution in [2.24, 2.45) is 0 Å². The molecule has 1 aliphatic carbocycles. The Morgan fingerprint density at radius 1 is 1.06 bits per heavy atom. The van der Waals surface area contributed by atoms with Gasteiger partial charge in [0, 0.05) is 25.2 Å². The minimum atomic E-state index is -4.53. The zero-order valence-electron chi connectivity index (χ0n) is 18.0. The van der Waals surface area contributed by atoms with Crippen molar-refractivity contribution in [3.8, 4) is 17.4 Å². The molecule has 1 aromatic heterocycles. The third kappa shape index (κ3) is 4.71. The fourth-order valence-electron chi connectivity index (χ4n) is 4.00. The lowest BCUT2D eigenvalue weighted by atomic mass is 10.2. The van der Waals surface area contributed by atoms with Gasteiger partial charge in [-0.3, -0.25) is 4.57 Å². The molecule has 0 bridgehead atoms. The second-order valence-corrected chi connectivity index (χ2v) is 8.35. The highest BCUT2D eigenvalue weighted by Gasteiger charge is 2.33. The second kappa shape index (κ2) is 8.66. The molecule has 178 valence electrons. The summed E-state index contributed by atoms with van der Waals surface area (Å²) in [6, 6.07) is 10.4. The molecule has 0 unspecified atom stereocenters. The topological polar surface area (TPSA) is 56.6 Å². The van der Waals surface area contributed by atoms with Gasteiger partial charge < -0.3 is 14.4 Å². The van der Waals surface area contributed by atoms with Crippen molar-refractivity contribution in [1.82, 2.24) is 9.55 Å². The van der Waals surface area contributed by atoms with Gasteiger partial charge in [-0.15, -0.1) is 0 Å². The molecule has 3 aromatic rings. The first-order chi connectivity index (χ1) is 16.3. The summed E-state index contributed by atoms with van der Waals surface area (Å²) in [4.78, 5) is 18.6. The van der Waals surface area contributed by atoms with Crippen LogP contribution in [0.5, 0.6) is 17.4 Å². The molecule has 10 heteroatoms. The Morgan fingerprint density at radius 3 is 2.62 bits per heavy atom. The molecule has 5 rings (SSSR count). The number of aromatic nitrogens is 2. The van der Waals surface area contributed by atoms with Crippen LogP contribution in [-0.4, -0.2) is 22.1 Å². The minimum absolute atomic E-state index is 0.0416. The number of ether oxygens (including phenoxy) is 2. The van der Waals surface area contributed by atoms with Crippen LogP contribution in [0.25, 0.3) is 0 Å². The zero-order valence-corrected chi connectivity index (χ0v) is 18.0. The molecule has 2 aromatic carbocycles. The van der Waals surface area contributed by atoms with Gasteiger partial charge in [0.25, 0.3) is 0 Å². The maximum Gasteiger partial charge on any atom is 0.416 e. The van der Waals surface area contributed by atoms with E-state index in [1.807, 2.05) is 0 Å². The van der Waals surface area contributed by atoms with Crippen molar-refractivity contribution < 1.29 is 27.0 Å². The predicted octanol–water partition coefficient (Wildman–Crippen LogP) is 5.15. The molecule has 1 saturated carbocycles. The van der Waals surface area contributed by atoms with Crippen molar-refractivity contribution >= 4 is 5.82 Å². The number of hydrogen-bond acceptors (Lipinski definition) is 5. The van der Waals surface area contributed by atoms with Crippen molar-refractivity contribution in [1.29, 1.82) is 0 Å². The number of rotatable bonds is 6. The summed E-state index contributed by atoms with van der Waals surface area (Å²) in [7, 11) is 0. The number of benzene rings is 2. The van der Waals surface area contributed by atoms with Crippen LogP contribution >= 0.6 is 0 Å². The normalized spacial score (nSPS) is 15.7. The lowest BCUT2D eigenvalue weighted by Crippen LogP contribution is -2.39. The summed E-state index contributed by atoms with van der Waals surface area (Å²) in [5, 5.41) is 0. The van der Waals surface area contributed by atoms with Gasteiger partial charge in [0.15, 0.2) is 11.6 Å². The Morgan fingerprint density at radius 2 is 1.88 bits per heavy atom. The van der Waals surface area contributed by atoms with Gasteiger partial charge in [-0.05, 0) is 55.2 Å². The standard InChI is InChI=1S/C24H21F4N3O3/c25-19-11-15(5-8-20(19)34-18-4-1-3-16(12-18)24(26,27)28)14-33-21-13-22-30(17-6-7-17)9-2-10-31(22)23(32)29-21/h1,3-5,8,11-13,17H,2,6-7,9-10,14H2. The van der Waals surface area contributed by atoms with Crippen molar-refractivity contribution in [2.45, 2.75) is 44.6 Å². The van der Waals surface area contributed by atoms with Crippen LogP contribution in [0.15, 0.2) is 53.3 Å². The van der Waals surface area contributed by atoms with Gasteiger partial charge in [0.1, 0.15) is 18.2 Å². The van der Waals surface area contributed by atoms with Crippen LogP contribution in [0.2, 0.25) is 0 Å². The molecule has 1 fully saturated rings. The minimum Gasteiger partial charge on any atom is -0.473 e. The van der Waals surface area contributed by atoms with E-state index in [0.717, 1.165) is 43.8 Å². The van der Waals surface area contributed by atoms with Crippen LogP contribution < -0.4 is 20.1 Å². The number of hydrogen-bond donors (Lipinski definition) is 0. The molecule has 0 amide bonds. The summed E-state index contributed by atoms with van der Waals surface area (Å²) in [5.41, 5.74) is -0.814. The molecule has 0 radical (unpaired) electrons. The van der Waals surface area contributed by atoms with E-state index in [2.05, 4.69) is 9.88 Å². The van der Waals surface area contributed by atoms with E-state index in [0.29, 0.717) is 18.2 Å². The fraction of sp³-hybridized carbons (Fsp3) is 0.333. The van der Waals surface area contributed by atoms with Crippen LogP contribution in [0.3, 0.4) is 0 Å².